The number of nitrogens with two attached hydrogens (primary N) is 1. The summed E-state index contributed by atoms with van der Waals surface area (Å²) in [6.07, 6.45) is -5.00. The van der Waals surface area contributed by atoms with Crippen molar-refractivity contribution in [1.82, 2.24) is 10.1 Å². The molecule has 1 atom stereocenters. The Morgan fingerprint density at radius 1 is 1.38 bits per heavy atom. The Bertz CT molecular complexity index is 585. The lowest BCUT2D eigenvalue weighted by molar-refractivity contribution is -0.137. The first kappa shape index (κ1) is 17.4. The quantitative estimate of drug-likeness (QED) is 0.936. The van der Waals surface area contributed by atoms with Crippen molar-refractivity contribution < 1.29 is 22.4 Å². The standard InChI is InChI=1S/C12H12F3N3O2.ClH/c1-19-9(6-16)11-17-10(18-20-11)7-3-2-4-8(5-7)12(13,14)15;/h2-5,9H,6,16H2,1H3;1H. The summed E-state index contributed by atoms with van der Waals surface area (Å²) in [6, 6.07) is 4.68. The molecule has 0 saturated carbocycles. The van der Waals surface area contributed by atoms with Crippen molar-refractivity contribution in [2.75, 3.05) is 13.7 Å². The average molecular weight is 324 g/mol. The number of ether oxygens (including phenoxy) is 1. The number of benzene rings is 1. The van der Waals surface area contributed by atoms with Gasteiger partial charge in [0.05, 0.1) is 5.56 Å². The summed E-state index contributed by atoms with van der Waals surface area (Å²) in [5.41, 5.74) is 4.88. The molecule has 5 nitrogen and oxygen atoms in total. The number of hydrogen-bond donors (Lipinski definition) is 1. The van der Waals surface area contributed by atoms with Crippen LogP contribution < -0.4 is 5.73 Å². The first-order valence-corrected chi connectivity index (χ1v) is 5.69. The lowest BCUT2D eigenvalue weighted by Crippen LogP contribution is -2.14. The van der Waals surface area contributed by atoms with E-state index in [9.17, 15) is 13.2 Å². The minimum atomic E-state index is -4.42. The van der Waals surface area contributed by atoms with E-state index in [-0.39, 0.29) is 36.2 Å². The van der Waals surface area contributed by atoms with Crippen LogP contribution in [0.15, 0.2) is 28.8 Å². The lowest BCUT2D eigenvalue weighted by Gasteiger charge is -2.07. The molecule has 116 valence electrons. The van der Waals surface area contributed by atoms with E-state index in [0.717, 1.165) is 12.1 Å². The van der Waals surface area contributed by atoms with Crippen molar-refractivity contribution in [3.8, 4) is 11.4 Å². The largest absolute Gasteiger partial charge is 0.416 e. The summed E-state index contributed by atoms with van der Waals surface area (Å²) in [7, 11) is 1.42. The van der Waals surface area contributed by atoms with Gasteiger partial charge in [0.1, 0.15) is 6.10 Å². The normalized spacial score (nSPS) is 12.8. The summed E-state index contributed by atoms with van der Waals surface area (Å²) in [5.74, 6) is 0.184. The maximum Gasteiger partial charge on any atom is 0.416 e. The van der Waals surface area contributed by atoms with E-state index in [4.69, 9.17) is 15.0 Å². The molecule has 1 unspecified atom stereocenters. The molecule has 0 aliphatic heterocycles. The molecule has 0 fully saturated rings. The molecule has 1 heterocycles. The summed E-state index contributed by atoms with van der Waals surface area (Å²) in [5, 5.41) is 3.64. The second-order valence-corrected chi connectivity index (χ2v) is 3.99. The van der Waals surface area contributed by atoms with E-state index < -0.39 is 17.8 Å². The molecule has 0 spiro atoms. The number of aromatic nitrogens is 2. The van der Waals surface area contributed by atoms with Gasteiger partial charge < -0.3 is 15.0 Å². The van der Waals surface area contributed by atoms with E-state index in [2.05, 4.69) is 10.1 Å². The number of halogens is 4. The second kappa shape index (κ2) is 6.88. The zero-order valence-electron chi connectivity index (χ0n) is 10.9. The third-order valence-corrected chi connectivity index (χ3v) is 2.66. The molecular weight excluding hydrogens is 311 g/mol. The van der Waals surface area contributed by atoms with Crippen LogP contribution in [-0.2, 0) is 10.9 Å². The smallest absolute Gasteiger partial charge is 0.370 e. The van der Waals surface area contributed by atoms with Gasteiger partial charge in [0.2, 0.25) is 5.82 Å². The Morgan fingerprint density at radius 2 is 2.10 bits per heavy atom. The molecule has 0 aliphatic rings. The van der Waals surface area contributed by atoms with Crippen LogP contribution in [0.1, 0.15) is 17.6 Å². The van der Waals surface area contributed by atoms with Gasteiger partial charge in [-0.05, 0) is 12.1 Å². The van der Waals surface area contributed by atoms with Crippen LogP contribution in [0.4, 0.5) is 13.2 Å². The number of nitrogens with zero attached hydrogens (tertiary/aromatic N) is 2. The van der Waals surface area contributed by atoms with Gasteiger partial charge in [0, 0.05) is 19.2 Å². The van der Waals surface area contributed by atoms with Gasteiger partial charge in [-0.25, -0.2) is 0 Å². The fourth-order valence-electron chi connectivity index (χ4n) is 1.62. The van der Waals surface area contributed by atoms with Gasteiger partial charge in [-0.15, -0.1) is 12.4 Å². The molecule has 0 saturated heterocycles. The van der Waals surface area contributed by atoms with E-state index in [0.29, 0.717) is 0 Å². The number of methoxy groups -OCH3 is 1. The third kappa shape index (κ3) is 3.93. The monoisotopic (exact) mass is 323 g/mol. The summed E-state index contributed by atoms with van der Waals surface area (Å²) >= 11 is 0. The predicted octanol–water partition coefficient (Wildman–Crippen LogP) is 2.82. The van der Waals surface area contributed by atoms with Crippen LogP contribution in [0.3, 0.4) is 0 Å². The summed E-state index contributed by atoms with van der Waals surface area (Å²) in [4.78, 5) is 4.00. The Kier molecular flexibility index (Phi) is 5.70. The van der Waals surface area contributed by atoms with Crippen LogP contribution in [0, 0.1) is 0 Å². The molecule has 1 aromatic heterocycles. The van der Waals surface area contributed by atoms with Gasteiger partial charge >= 0.3 is 6.18 Å². The van der Waals surface area contributed by atoms with E-state index in [1.54, 1.807) is 0 Å². The highest BCUT2D eigenvalue weighted by Gasteiger charge is 2.31. The first-order valence-electron chi connectivity index (χ1n) is 5.69. The Balaban J connectivity index is 0.00000220. The number of hydrogen-bond acceptors (Lipinski definition) is 5. The summed E-state index contributed by atoms with van der Waals surface area (Å²) in [6.45, 7) is 0.126. The maximum absolute atomic E-state index is 12.6. The topological polar surface area (TPSA) is 74.2 Å². The molecule has 2 rings (SSSR count). The van der Waals surface area contributed by atoms with Crippen molar-refractivity contribution in [1.29, 1.82) is 0 Å². The molecule has 2 aromatic rings. The van der Waals surface area contributed by atoms with Crippen molar-refractivity contribution in [3.63, 3.8) is 0 Å². The molecule has 2 N–H and O–H groups in total. The molecule has 21 heavy (non-hydrogen) atoms. The van der Waals surface area contributed by atoms with Crippen LogP contribution >= 0.6 is 12.4 Å². The molecule has 1 aromatic carbocycles. The Hall–Kier alpha value is -1.64. The fourth-order valence-corrected chi connectivity index (χ4v) is 1.62. The highest BCUT2D eigenvalue weighted by Crippen LogP contribution is 2.31. The molecule has 0 amide bonds. The van der Waals surface area contributed by atoms with E-state index in [1.165, 1.54) is 19.2 Å². The molecule has 0 bridgehead atoms. The van der Waals surface area contributed by atoms with Crippen molar-refractivity contribution in [2.24, 2.45) is 5.73 Å². The van der Waals surface area contributed by atoms with Crippen molar-refractivity contribution >= 4 is 12.4 Å². The zero-order chi connectivity index (χ0) is 14.8. The van der Waals surface area contributed by atoms with Crippen LogP contribution in [-0.4, -0.2) is 23.8 Å². The van der Waals surface area contributed by atoms with Gasteiger partial charge in [0.25, 0.3) is 5.89 Å². The van der Waals surface area contributed by atoms with Crippen LogP contribution in [0.5, 0.6) is 0 Å². The van der Waals surface area contributed by atoms with Gasteiger partial charge in [-0.3, -0.25) is 0 Å². The average Bonchev–Trinajstić information content (AvgIpc) is 2.89. The predicted molar refractivity (Wildman–Crippen MR) is 70.8 cm³/mol. The Morgan fingerprint density at radius 3 is 2.67 bits per heavy atom. The van der Waals surface area contributed by atoms with Crippen molar-refractivity contribution in [3.05, 3.63) is 35.7 Å². The molecular formula is C12H13ClF3N3O2. The highest BCUT2D eigenvalue weighted by atomic mass is 35.5. The first-order chi connectivity index (χ1) is 9.45. The van der Waals surface area contributed by atoms with Gasteiger partial charge in [-0.2, -0.15) is 18.2 Å². The number of alkyl halides is 3. The van der Waals surface area contributed by atoms with Gasteiger partial charge in [0.15, 0.2) is 0 Å². The number of rotatable bonds is 4. The maximum atomic E-state index is 12.6. The van der Waals surface area contributed by atoms with Gasteiger partial charge in [-0.1, -0.05) is 17.3 Å². The minimum absolute atomic E-state index is 0. The van der Waals surface area contributed by atoms with Crippen LogP contribution in [0.25, 0.3) is 11.4 Å². The SMILES string of the molecule is COC(CN)c1nc(-c2cccc(C(F)(F)F)c2)no1.Cl. The second-order valence-electron chi connectivity index (χ2n) is 3.99. The highest BCUT2D eigenvalue weighted by molar-refractivity contribution is 5.85. The third-order valence-electron chi connectivity index (χ3n) is 2.66. The zero-order valence-corrected chi connectivity index (χ0v) is 11.7. The fraction of sp³-hybridized carbons (Fsp3) is 0.333. The lowest BCUT2D eigenvalue weighted by atomic mass is 10.1. The molecule has 0 radical (unpaired) electrons. The molecule has 9 heteroatoms. The van der Waals surface area contributed by atoms with Crippen LogP contribution in [0.2, 0.25) is 0 Å². The summed E-state index contributed by atoms with van der Waals surface area (Å²) < 4.78 is 47.8. The minimum Gasteiger partial charge on any atom is -0.370 e. The Labute approximate surface area is 124 Å². The van der Waals surface area contributed by atoms with E-state index in [1.807, 2.05) is 0 Å². The van der Waals surface area contributed by atoms with Crippen molar-refractivity contribution in [2.45, 2.75) is 12.3 Å². The van der Waals surface area contributed by atoms with E-state index >= 15 is 0 Å². The molecule has 0 aliphatic carbocycles.